The number of nitrogens with two attached hydrogens (primary N) is 1. The molecule has 1 aromatic carbocycles. The highest BCUT2D eigenvalue weighted by molar-refractivity contribution is 7.84. The van der Waals surface area contributed by atoms with Crippen LogP contribution < -0.4 is 5.73 Å². The van der Waals surface area contributed by atoms with Crippen molar-refractivity contribution in [2.75, 3.05) is 5.73 Å². The first-order chi connectivity index (χ1) is 8.56. The molecule has 0 aliphatic heterocycles. The monoisotopic (exact) mass is 260 g/mol. The van der Waals surface area contributed by atoms with Gasteiger partial charge in [0.1, 0.15) is 0 Å². The Morgan fingerprint density at radius 2 is 2.00 bits per heavy atom. The molecule has 0 amide bonds. The van der Waals surface area contributed by atoms with Gasteiger partial charge in [0.2, 0.25) is 0 Å². The minimum atomic E-state index is -1.06. The lowest BCUT2D eigenvalue weighted by atomic mass is 10.2. The number of aromatic nitrogens is 1. The lowest BCUT2D eigenvalue weighted by molar-refractivity contribution is 0.682. The van der Waals surface area contributed by atoms with Gasteiger partial charge in [-0.1, -0.05) is 6.07 Å². The van der Waals surface area contributed by atoms with Gasteiger partial charge >= 0.3 is 0 Å². The van der Waals surface area contributed by atoms with Crippen molar-refractivity contribution < 1.29 is 4.21 Å². The third kappa shape index (κ3) is 2.96. The Balaban J connectivity index is 2.22. The number of rotatable bonds is 3. The molecule has 1 unspecified atom stereocenters. The van der Waals surface area contributed by atoms with Gasteiger partial charge in [0.15, 0.2) is 0 Å². The predicted octanol–water partition coefficient (Wildman–Crippen LogP) is 2.59. The quantitative estimate of drug-likeness (QED) is 0.863. The Hall–Kier alpha value is -1.68. The van der Waals surface area contributed by atoms with Crippen LogP contribution in [0.5, 0.6) is 0 Å². The number of benzene rings is 1. The van der Waals surface area contributed by atoms with E-state index in [0.29, 0.717) is 11.4 Å². The van der Waals surface area contributed by atoms with Gasteiger partial charge in [-0.05, 0) is 48.7 Å². The van der Waals surface area contributed by atoms with E-state index in [1.165, 1.54) is 0 Å². The molecule has 1 aromatic heterocycles. The fourth-order valence-corrected chi connectivity index (χ4v) is 3.11. The van der Waals surface area contributed by atoms with Gasteiger partial charge < -0.3 is 5.73 Å². The molecule has 0 radical (unpaired) electrons. The molecule has 2 rings (SSSR count). The minimum absolute atomic E-state index is 0.486. The number of pyridine rings is 1. The molecule has 4 heteroatoms. The maximum Gasteiger partial charge on any atom is 0.0577 e. The summed E-state index contributed by atoms with van der Waals surface area (Å²) in [6.07, 6.45) is 3.55. The van der Waals surface area contributed by atoms with Gasteiger partial charge in [-0.3, -0.25) is 9.19 Å². The number of nitrogen functional groups attached to an aromatic ring is 1. The van der Waals surface area contributed by atoms with Crippen molar-refractivity contribution >= 4 is 16.5 Å². The molecule has 3 nitrogen and oxygen atoms in total. The fraction of sp³-hybridized carbons (Fsp3) is 0.214. The van der Waals surface area contributed by atoms with Crippen molar-refractivity contribution in [2.45, 2.75) is 24.5 Å². The molecule has 0 fully saturated rings. The summed E-state index contributed by atoms with van der Waals surface area (Å²) in [5.41, 5.74) is 9.43. The molecule has 0 spiro atoms. The first-order valence-electron chi connectivity index (χ1n) is 5.71. The van der Waals surface area contributed by atoms with Crippen molar-refractivity contribution in [3.8, 4) is 0 Å². The fourth-order valence-electron chi connectivity index (χ4n) is 1.85. The van der Waals surface area contributed by atoms with Crippen LogP contribution in [0.25, 0.3) is 0 Å². The van der Waals surface area contributed by atoms with Crippen molar-refractivity contribution in [2.24, 2.45) is 0 Å². The van der Waals surface area contributed by atoms with E-state index in [1.807, 2.05) is 32.0 Å². The summed E-state index contributed by atoms with van der Waals surface area (Å²) >= 11 is 0. The maximum atomic E-state index is 12.3. The van der Waals surface area contributed by atoms with Gasteiger partial charge in [0, 0.05) is 23.0 Å². The molecule has 1 heterocycles. The maximum absolute atomic E-state index is 12.3. The van der Waals surface area contributed by atoms with E-state index < -0.39 is 10.8 Å². The minimum Gasteiger partial charge on any atom is -0.399 e. The normalized spacial score (nSPS) is 12.3. The van der Waals surface area contributed by atoms with Crippen molar-refractivity contribution in [1.29, 1.82) is 0 Å². The van der Waals surface area contributed by atoms with E-state index >= 15 is 0 Å². The average molecular weight is 260 g/mol. The molecule has 0 aliphatic rings. The van der Waals surface area contributed by atoms with Crippen LogP contribution in [0, 0.1) is 13.8 Å². The Kier molecular flexibility index (Phi) is 3.77. The lowest BCUT2D eigenvalue weighted by Gasteiger charge is -2.07. The van der Waals surface area contributed by atoms with Crippen LogP contribution >= 0.6 is 0 Å². The molecule has 0 aliphatic carbocycles. The van der Waals surface area contributed by atoms with Gasteiger partial charge in [-0.2, -0.15) is 0 Å². The third-order valence-electron chi connectivity index (χ3n) is 2.67. The average Bonchev–Trinajstić information content (AvgIpc) is 2.28. The highest BCUT2D eigenvalue weighted by Crippen LogP contribution is 2.19. The summed E-state index contributed by atoms with van der Waals surface area (Å²) in [6, 6.07) is 7.48. The van der Waals surface area contributed by atoms with Crippen LogP contribution in [-0.2, 0) is 16.6 Å². The summed E-state index contributed by atoms with van der Waals surface area (Å²) in [6.45, 7) is 3.91. The van der Waals surface area contributed by atoms with E-state index in [9.17, 15) is 4.21 Å². The molecular weight excluding hydrogens is 244 g/mol. The summed E-state index contributed by atoms with van der Waals surface area (Å²) in [5, 5.41) is 0. The van der Waals surface area contributed by atoms with Crippen LogP contribution in [0.3, 0.4) is 0 Å². The molecule has 2 aromatic rings. The van der Waals surface area contributed by atoms with Crippen molar-refractivity contribution in [3.05, 3.63) is 53.3 Å². The topological polar surface area (TPSA) is 56.0 Å². The van der Waals surface area contributed by atoms with Gasteiger partial charge in [0.25, 0.3) is 0 Å². The first kappa shape index (κ1) is 12.8. The van der Waals surface area contributed by atoms with E-state index in [2.05, 4.69) is 4.98 Å². The highest BCUT2D eigenvalue weighted by Gasteiger charge is 2.08. The number of hydrogen-bond donors (Lipinski definition) is 1. The standard InChI is InChI=1S/C14H16N2OS/c1-10-5-12(8-16-7-10)9-18(17)14-4-3-13(15)6-11(14)2/h3-8H,9,15H2,1-2H3. The zero-order valence-corrected chi connectivity index (χ0v) is 11.3. The van der Waals surface area contributed by atoms with Crippen molar-refractivity contribution in [3.63, 3.8) is 0 Å². The molecule has 0 saturated heterocycles. The summed E-state index contributed by atoms with van der Waals surface area (Å²) in [5.74, 6) is 0.486. The smallest absolute Gasteiger partial charge is 0.0577 e. The van der Waals surface area contributed by atoms with Crippen LogP contribution in [0.4, 0.5) is 5.69 Å². The van der Waals surface area contributed by atoms with Crippen LogP contribution in [0.1, 0.15) is 16.7 Å². The number of aryl methyl sites for hydroxylation is 2. The SMILES string of the molecule is Cc1cncc(CS(=O)c2ccc(N)cc2C)c1. The largest absolute Gasteiger partial charge is 0.399 e. The lowest BCUT2D eigenvalue weighted by Crippen LogP contribution is -2.00. The second-order valence-electron chi connectivity index (χ2n) is 4.39. The molecular formula is C14H16N2OS. The van der Waals surface area contributed by atoms with E-state index in [0.717, 1.165) is 21.6 Å². The molecule has 0 bridgehead atoms. The molecule has 18 heavy (non-hydrogen) atoms. The van der Waals surface area contributed by atoms with Crippen LogP contribution in [0.15, 0.2) is 41.6 Å². The molecule has 0 saturated carbocycles. The second kappa shape index (κ2) is 5.31. The Morgan fingerprint density at radius 3 is 2.67 bits per heavy atom. The number of hydrogen-bond acceptors (Lipinski definition) is 3. The zero-order chi connectivity index (χ0) is 13.1. The van der Waals surface area contributed by atoms with Gasteiger partial charge in [0.05, 0.1) is 16.6 Å². The van der Waals surface area contributed by atoms with Crippen LogP contribution in [0.2, 0.25) is 0 Å². The van der Waals surface area contributed by atoms with Gasteiger partial charge in [-0.25, -0.2) is 0 Å². The predicted molar refractivity (Wildman–Crippen MR) is 74.7 cm³/mol. The summed E-state index contributed by atoms with van der Waals surface area (Å²) in [4.78, 5) is 4.95. The Labute approximate surface area is 110 Å². The number of anilines is 1. The summed E-state index contributed by atoms with van der Waals surface area (Å²) < 4.78 is 12.3. The van der Waals surface area contributed by atoms with Gasteiger partial charge in [-0.15, -0.1) is 0 Å². The van der Waals surface area contributed by atoms with E-state index in [-0.39, 0.29) is 0 Å². The highest BCUT2D eigenvalue weighted by atomic mass is 32.2. The van der Waals surface area contributed by atoms with Crippen LogP contribution in [-0.4, -0.2) is 9.19 Å². The number of nitrogens with zero attached hydrogens (tertiary/aromatic N) is 1. The molecule has 2 N–H and O–H groups in total. The summed E-state index contributed by atoms with van der Waals surface area (Å²) in [7, 11) is -1.06. The Bertz CT molecular complexity index is 596. The first-order valence-corrected chi connectivity index (χ1v) is 7.03. The zero-order valence-electron chi connectivity index (χ0n) is 10.5. The molecule has 1 atom stereocenters. The Morgan fingerprint density at radius 1 is 1.22 bits per heavy atom. The van der Waals surface area contributed by atoms with Crippen molar-refractivity contribution in [1.82, 2.24) is 4.98 Å². The second-order valence-corrected chi connectivity index (χ2v) is 5.80. The molecule has 94 valence electrons. The van der Waals surface area contributed by atoms with E-state index in [1.54, 1.807) is 18.5 Å². The third-order valence-corrected chi connectivity index (χ3v) is 4.22. The van der Waals surface area contributed by atoms with E-state index in [4.69, 9.17) is 5.73 Å².